The molecule has 2 aromatic carbocycles. The van der Waals surface area contributed by atoms with E-state index >= 15 is 0 Å². The Hall–Kier alpha value is -2.86. The van der Waals surface area contributed by atoms with Crippen molar-refractivity contribution >= 4 is 23.2 Å². The van der Waals surface area contributed by atoms with Gasteiger partial charge in [0.2, 0.25) is 11.8 Å². The predicted octanol–water partition coefficient (Wildman–Crippen LogP) is 3.68. The van der Waals surface area contributed by atoms with E-state index in [1.807, 2.05) is 62.1 Å². The van der Waals surface area contributed by atoms with E-state index in [4.69, 9.17) is 4.74 Å². The Morgan fingerprint density at radius 3 is 2.32 bits per heavy atom. The molecule has 1 atom stereocenters. The van der Waals surface area contributed by atoms with E-state index in [0.29, 0.717) is 18.0 Å². The summed E-state index contributed by atoms with van der Waals surface area (Å²) >= 11 is 0. The molecule has 0 aliphatic rings. The van der Waals surface area contributed by atoms with E-state index < -0.39 is 6.04 Å². The van der Waals surface area contributed by atoms with E-state index in [-0.39, 0.29) is 18.4 Å². The molecular weight excluding hydrogens is 354 g/mol. The summed E-state index contributed by atoms with van der Waals surface area (Å²) < 4.78 is 5.28. The standard InChI is InChI=1S/C22H29N3O3/c1-5-14-25(15-21(26)23-18-11-7-6-10-16(18)2)17(3)22(27)24-19-12-8-9-13-20(19)28-4/h6-13,17H,5,14-15H2,1-4H3,(H,23,26)(H,24,27). The number of hydrogen-bond donors (Lipinski definition) is 2. The van der Waals surface area contributed by atoms with Gasteiger partial charge < -0.3 is 15.4 Å². The van der Waals surface area contributed by atoms with Crippen molar-refractivity contribution in [3.05, 3.63) is 54.1 Å². The highest BCUT2D eigenvalue weighted by molar-refractivity contribution is 5.97. The van der Waals surface area contributed by atoms with Crippen LogP contribution in [0, 0.1) is 6.92 Å². The number of para-hydroxylation sites is 3. The van der Waals surface area contributed by atoms with Crippen molar-refractivity contribution in [1.82, 2.24) is 4.90 Å². The Labute approximate surface area is 166 Å². The van der Waals surface area contributed by atoms with Gasteiger partial charge >= 0.3 is 0 Å². The fraction of sp³-hybridized carbons (Fsp3) is 0.364. The monoisotopic (exact) mass is 383 g/mol. The number of amides is 2. The Kier molecular flexibility index (Phi) is 8.02. The lowest BCUT2D eigenvalue weighted by Crippen LogP contribution is -2.46. The van der Waals surface area contributed by atoms with Crippen molar-refractivity contribution in [2.45, 2.75) is 33.2 Å². The highest BCUT2D eigenvalue weighted by atomic mass is 16.5. The number of carbonyl (C=O) groups excluding carboxylic acids is 2. The van der Waals surface area contributed by atoms with Gasteiger partial charge in [-0.05, 0) is 50.6 Å². The van der Waals surface area contributed by atoms with E-state index in [0.717, 1.165) is 17.7 Å². The van der Waals surface area contributed by atoms with E-state index in [9.17, 15) is 9.59 Å². The second-order valence-corrected chi connectivity index (χ2v) is 6.70. The summed E-state index contributed by atoms with van der Waals surface area (Å²) in [7, 11) is 1.56. The molecule has 0 saturated heterocycles. The average molecular weight is 383 g/mol. The number of carbonyl (C=O) groups is 2. The molecule has 2 amide bonds. The van der Waals surface area contributed by atoms with Crippen LogP contribution in [0.1, 0.15) is 25.8 Å². The Morgan fingerprint density at radius 1 is 1.04 bits per heavy atom. The molecule has 0 saturated carbocycles. The molecule has 1 unspecified atom stereocenters. The SMILES string of the molecule is CCCN(CC(=O)Nc1ccccc1C)C(C)C(=O)Nc1ccccc1OC. The largest absolute Gasteiger partial charge is 0.495 e. The molecule has 2 aromatic rings. The zero-order valence-corrected chi connectivity index (χ0v) is 17.0. The average Bonchev–Trinajstić information content (AvgIpc) is 2.69. The lowest BCUT2D eigenvalue weighted by atomic mass is 10.2. The van der Waals surface area contributed by atoms with Gasteiger partial charge in [0.15, 0.2) is 0 Å². The van der Waals surface area contributed by atoms with Crippen molar-refractivity contribution in [3.63, 3.8) is 0 Å². The Balaban J connectivity index is 2.04. The van der Waals surface area contributed by atoms with Gasteiger partial charge in [0.25, 0.3) is 0 Å². The van der Waals surface area contributed by atoms with E-state index in [2.05, 4.69) is 10.6 Å². The predicted molar refractivity (Wildman–Crippen MR) is 113 cm³/mol. The zero-order chi connectivity index (χ0) is 20.5. The summed E-state index contributed by atoms with van der Waals surface area (Å²) in [5.74, 6) is 0.281. The third-order valence-electron chi connectivity index (χ3n) is 4.57. The molecule has 2 rings (SSSR count). The third kappa shape index (κ3) is 5.82. The number of methoxy groups -OCH3 is 1. The first-order valence-electron chi connectivity index (χ1n) is 9.49. The van der Waals surface area contributed by atoms with Gasteiger partial charge in [-0.1, -0.05) is 37.3 Å². The molecule has 0 radical (unpaired) electrons. The van der Waals surface area contributed by atoms with Crippen LogP contribution in [-0.2, 0) is 9.59 Å². The minimum absolute atomic E-state index is 0.139. The lowest BCUT2D eigenvalue weighted by molar-refractivity contribution is -0.123. The zero-order valence-electron chi connectivity index (χ0n) is 17.0. The van der Waals surface area contributed by atoms with Crippen LogP contribution in [0.5, 0.6) is 5.75 Å². The van der Waals surface area contributed by atoms with Crippen molar-refractivity contribution < 1.29 is 14.3 Å². The van der Waals surface area contributed by atoms with Crippen LogP contribution in [0.15, 0.2) is 48.5 Å². The number of aryl methyl sites for hydroxylation is 1. The van der Waals surface area contributed by atoms with Crippen molar-refractivity contribution in [3.8, 4) is 5.75 Å². The second kappa shape index (κ2) is 10.5. The molecule has 0 heterocycles. The fourth-order valence-electron chi connectivity index (χ4n) is 2.94. The maximum Gasteiger partial charge on any atom is 0.241 e. The maximum absolute atomic E-state index is 12.8. The van der Waals surface area contributed by atoms with Crippen molar-refractivity contribution in [2.75, 3.05) is 30.8 Å². The number of anilines is 2. The topological polar surface area (TPSA) is 70.7 Å². The van der Waals surface area contributed by atoms with Crippen molar-refractivity contribution in [2.24, 2.45) is 0 Å². The minimum Gasteiger partial charge on any atom is -0.495 e. The lowest BCUT2D eigenvalue weighted by Gasteiger charge is -2.27. The minimum atomic E-state index is -0.465. The molecule has 150 valence electrons. The molecule has 0 spiro atoms. The fourth-order valence-corrected chi connectivity index (χ4v) is 2.94. The number of nitrogens with zero attached hydrogens (tertiary/aromatic N) is 1. The quantitative estimate of drug-likeness (QED) is 0.693. The van der Waals surface area contributed by atoms with Gasteiger partial charge in [-0.25, -0.2) is 0 Å². The first kappa shape index (κ1) is 21.4. The van der Waals surface area contributed by atoms with Gasteiger partial charge in [-0.2, -0.15) is 0 Å². The van der Waals surface area contributed by atoms with E-state index in [1.54, 1.807) is 19.2 Å². The van der Waals surface area contributed by atoms with Gasteiger partial charge in [0.1, 0.15) is 5.75 Å². The smallest absolute Gasteiger partial charge is 0.241 e. The first-order valence-corrected chi connectivity index (χ1v) is 9.49. The van der Waals surface area contributed by atoms with Crippen LogP contribution < -0.4 is 15.4 Å². The number of hydrogen-bond acceptors (Lipinski definition) is 4. The number of benzene rings is 2. The molecule has 6 heteroatoms. The van der Waals surface area contributed by atoms with Crippen LogP contribution in [0.4, 0.5) is 11.4 Å². The highest BCUT2D eigenvalue weighted by Gasteiger charge is 2.23. The molecule has 0 bridgehead atoms. The number of rotatable bonds is 9. The summed E-state index contributed by atoms with van der Waals surface area (Å²) in [6, 6.07) is 14.4. The molecule has 2 N–H and O–H groups in total. The van der Waals surface area contributed by atoms with Crippen LogP contribution in [0.3, 0.4) is 0 Å². The number of nitrogens with one attached hydrogen (secondary N) is 2. The molecule has 0 aromatic heterocycles. The normalized spacial score (nSPS) is 11.8. The van der Waals surface area contributed by atoms with Crippen molar-refractivity contribution in [1.29, 1.82) is 0 Å². The van der Waals surface area contributed by atoms with Crippen LogP contribution in [0.2, 0.25) is 0 Å². The van der Waals surface area contributed by atoms with Crippen LogP contribution in [-0.4, -0.2) is 43.0 Å². The molecule has 6 nitrogen and oxygen atoms in total. The van der Waals surface area contributed by atoms with Gasteiger partial charge in [0, 0.05) is 5.69 Å². The maximum atomic E-state index is 12.8. The van der Waals surface area contributed by atoms with Gasteiger partial charge in [-0.3, -0.25) is 14.5 Å². The summed E-state index contributed by atoms with van der Waals surface area (Å²) in [5.41, 5.74) is 2.40. The van der Waals surface area contributed by atoms with Gasteiger partial charge in [-0.15, -0.1) is 0 Å². The molecule has 0 aliphatic heterocycles. The van der Waals surface area contributed by atoms with Crippen LogP contribution >= 0.6 is 0 Å². The Bertz CT molecular complexity index is 807. The van der Waals surface area contributed by atoms with Gasteiger partial charge in [0.05, 0.1) is 25.4 Å². The summed E-state index contributed by atoms with van der Waals surface area (Å²) in [6.07, 6.45) is 0.837. The molecular formula is C22H29N3O3. The number of ether oxygens (including phenoxy) is 1. The summed E-state index contributed by atoms with van der Waals surface area (Å²) in [4.78, 5) is 27.2. The third-order valence-corrected chi connectivity index (χ3v) is 4.57. The molecule has 0 fully saturated rings. The van der Waals surface area contributed by atoms with Crippen LogP contribution in [0.25, 0.3) is 0 Å². The van der Waals surface area contributed by atoms with E-state index in [1.165, 1.54) is 0 Å². The molecule has 28 heavy (non-hydrogen) atoms. The second-order valence-electron chi connectivity index (χ2n) is 6.70. The summed E-state index contributed by atoms with van der Waals surface area (Å²) in [6.45, 7) is 6.56. The molecule has 0 aliphatic carbocycles. The highest BCUT2D eigenvalue weighted by Crippen LogP contribution is 2.23. The summed E-state index contributed by atoms with van der Waals surface area (Å²) in [5, 5.41) is 5.82. The first-order chi connectivity index (χ1) is 13.5. The Morgan fingerprint density at radius 2 is 1.68 bits per heavy atom.